The Labute approximate surface area is 210 Å². The first-order valence-electron chi connectivity index (χ1n) is 12.2. The number of piperidine rings is 3. The third-order valence-electron chi connectivity index (χ3n) is 7.39. The van der Waals surface area contributed by atoms with E-state index in [9.17, 15) is 9.59 Å². The van der Waals surface area contributed by atoms with Crippen LogP contribution >= 0.6 is 0 Å². The van der Waals surface area contributed by atoms with Crippen LogP contribution in [0.4, 0.5) is 0 Å². The lowest BCUT2D eigenvalue weighted by molar-refractivity contribution is -0.131. The summed E-state index contributed by atoms with van der Waals surface area (Å²) in [6.45, 7) is 8.23. The molecule has 3 fully saturated rings. The van der Waals surface area contributed by atoms with Crippen molar-refractivity contribution in [3.05, 3.63) is 78.5 Å². The highest BCUT2D eigenvalue weighted by atomic mass is 16.6. The number of benzene rings is 2. The number of aromatic nitrogens is 1. The molecule has 0 aliphatic carbocycles. The molecule has 0 N–H and O–H groups in total. The van der Waals surface area contributed by atoms with Gasteiger partial charge in [-0.05, 0) is 61.2 Å². The zero-order valence-electron chi connectivity index (χ0n) is 20.6. The van der Waals surface area contributed by atoms with Crippen molar-refractivity contribution < 1.29 is 23.8 Å². The van der Waals surface area contributed by atoms with Crippen molar-refractivity contribution in [3.63, 3.8) is 0 Å². The Morgan fingerprint density at radius 3 is 2.75 bits per heavy atom. The van der Waals surface area contributed by atoms with E-state index in [-0.39, 0.29) is 17.2 Å². The first-order chi connectivity index (χ1) is 17.5. The molecule has 3 aromatic rings. The van der Waals surface area contributed by atoms with Crippen molar-refractivity contribution in [3.8, 4) is 11.5 Å². The van der Waals surface area contributed by atoms with Gasteiger partial charge in [0.15, 0.2) is 0 Å². The zero-order chi connectivity index (χ0) is 25.2. The summed E-state index contributed by atoms with van der Waals surface area (Å²) in [7, 11) is 1.63. The van der Waals surface area contributed by atoms with Crippen LogP contribution in [-0.2, 0) is 9.53 Å². The highest BCUT2D eigenvalue weighted by Crippen LogP contribution is 2.46. The monoisotopic (exact) mass is 486 g/mol. The van der Waals surface area contributed by atoms with Crippen LogP contribution < -0.4 is 9.47 Å². The third-order valence-corrected chi connectivity index (χ3v) is 7.39. The first-order valence-corrected chi connectivity index (χ1v) is 12.2. The summed E-state index contributed by atoms with van der Waals surface area (Å²) in [5, 5.41) is 0.884. The number of hydrogen-bond donors (Lipinski definition) is 0. The minimum atomic E-state index is -0.531. The Balaban J connectivity index is 1.59. The van der Waals surface area contributed by atoms with Crippen molar-refractivity contribution in [2.45, 2.75) is 19.4 Å². The lowest BCUT2D eigenvalue weighted by Crippen LogP contribution is -2.54. The molecule has 1 aromatic heterocycles. The summed E-state index contributed by atoms with van der Waals surface area (Å²) < 4.78 is 17.1. The molecule has 3 saturated heterocycles. The second kappa shape index (κ2) is 10.1. The van der Waals surface area contributed by atoms with Gasteiger partial charge in [0, 0.05) is 43.1 Å². The lowest BCUT2D eigenvalue weighted by Gasteiger charge is -2.51. The van der Waals surface area contributed by atoms with Crippen LogP contribution in [0.25, 0.3) is 10.9 Å². The predicted molar refractivity (Wildman–Crippen MR) is 136 cm³/mol. The summed E-state index contributed by atoms with van der Waals surface area (Å²) in [6, 6.07) is 14.3. The van der Waals surface area contributed by atoms with E-state index in [0.717, 1.165) is 42.5 Å². The molecule has 0 radical (unpaired) electrons. The fraction of sp³-hybridized carbons (Fsp3) is 0.345. The van der Waals surface area contributed by atoms with Crippen LogP contribution in [0.3, 0.4) is 0 Å². The summed E-state index contributed by atoms with van der Waals surface area (Å²) in [6.07, 6.45) is 4.28. The van der Waals surface area contributed by atoms with Gasteiger partial charge in [-0.3, -0.25) is 9.78 Å². The summed E-state index contributed by atoms with van der Waals surface area (Å²) >= 11 is 0. The van der Waals surface area contributed by atoms with Crippen LogP contribution in [0, 0.1) is 17.8 Å². The SMILES string of the molecule is C=CC1CN2CCC1C(C(OC(=O)c1ccccc1OC(C)=O)c1ccnc3ccc(OC)cc13)C2. The Bertz CT molecular complexity index is 1310. The fourth-order valence-corrected chi connectivity index (χ4v) is 5.73. The number of carbonyl (C=O) groups is 2. The van der Waals surface area contributed by atoms with Gasteiger partial charge in [0.1, 0.15) is 23.2 Å². The van der Waals surface area contributed by atoms with Gasteiger partial charge in [-0.2, -0.15) is 0 Å². The standard InChI is InChI=1S/C29H30N2O5/c1-4-19-16-31-14-12-21(19)25(17-31)28(22-11-13-30-26-10-9-20(34-3)15-24(22)26)36-29(33)23-7-5-6-8-27(23)35-18(2)32/h4-11,13,15,19,21,25,28H,1,12,14,16-17H2,2-3H3. The van der Waals surface area contributed by atoms with E-state index in [4.69, 9.17) is 14.2 Å². The molecule has 5 atom stereocenters. The summed E-state index contributed by atoms with van der Waals surface area (Å²) in [4.78, 5) is 32.2. The number of hydrogen-bond acceptors (Lipinski definition) is 7. The normalized spacial score (nSPS) is 23.6. The van der Waals surface area contributed by atoms with Gasteiger partial charge in [-0.15, -0.1) is 6.58 Å². The molecule has 3 aliphatic heterocycles. The number of para-hydroxylation sites is 1. The highest BCUT2D eigenvalue weighted by molar-refractivity contribution is 5.94. The zero-order valence-corrected chi connectivity index (χ0v) is 20.6. The van der Waals surface area contributed by atoms with Crippen LogP contribution in [-0.4, -0.2) is 48.6 Å². The maximum atomic E-state index is 13.6. The van der Waals surface area contributed by atoms with E-state index in [0.29, 0.717) is 17.6 Å². The Morgan fingerprint density at radius 2 is 2.00 bits per heavy atom. The smallest absolute Gasteiger partial charge is 0.342 e. The fourth-order valence-electron chi connectivity index (χ4n) is 5.73. The third kappa shape index (κ3) is 4.58. The molecule has 4 heterocycles. The van der Waals surface area contributed by atoms with Crippen molar-refractivity contribution in [2.75, 3.05) is 26.7 Å². The molecule has 6 rings (SSSR count). The molecular weight excluding hydrogens is 456 g/mol. The van der Waals surface area contributed by atoms with Crippen molar-refractivity contribution in [1.29, 1.82) is 0 Å². The minimum Gasteiger partial charge on any atom is -0.497 e. The van der Waals surface area contributed by atoms with Crippen molar-refractivity contribution in [2.24, 2.45) is 17.8 Å². The molecule has 36 heavy (non-hydrogen) atoms. The Hall–Kier alpha value is -3.71. The van der Waals surface area contributed by atoms with E-state index in [1.807, 2.05) is 30.3 Å². The predicted octanol–water partition coefficient (Wildman–Crippen LogP) is 4.82. The van der Waals surface area contributed by atoms with E-state index < -0.39 is 18.0 Å². The number of methoxy groups -OCH3 is 1. The van der Waals surface area contributed by atoms with Crippen molar-refractivity contribution in [1.82, 2.24) is 9.88 Å². The number of carbonyl (C=O) groups excluding carboxylic acids is 2. The second-order valence-corrected chi connectivity index (χ2v) is 9.47. The minimum absolute atomic E-state index is 0.0668. The number of ether oxygens (including phenoxy) is 3. The largest absolute Gasteiger partial charge is 0.497 e. The number of esters is 2. The Kier molecular flexibility index (Phi) is 6.74. The van der Waals surface area contributed by atoms with E-state index in [2.05, 4.69) is 16.5 Å². The maximum absolute atomic E-state index is 13.6. The van der Waals surface area contributed by atoms with Gasteiger partial charge < -0.3 is 19.1 Å². The second-order valence-electron chi connectivity index (χ2n) is 9.47. The van der Waals surface area contributed by atoms with E-state index in [1.165, 1.54) is 6.92 Å². The average molecular weight is 487 g/mol. The molecule has 5 unspecified atom stereocenters. The van der Waals surface area contributed by atoms with Crippen LogP contribution in [0.5, 0.6) is 11.5 Å². The molecule has 3 aliphatic rings. The van der Waals surface area contributed by atoms with Gasteiger partial charge in [-0.1, -0.05) is 18.2 Å². The highest BCUT2D eigenvalue weighted by Gasteiger charge is 2.45. The average Bonchev–Trinajstić information content (AvgIpc) is 2.91. The number of fused-ring (bicyclic) bond motifs is 4. The number of nitrogens with zero attached hydrogens (tertiary/aromatic N) is 2. The van der Waals surface area contributed by atoms with Crippen molar-refractivity contribution >= 4 is 22.8 Å². The van der Waals surface area contributed by atoms with E-state index >= 15 is 0 Å². The Morgan fingerprint density at radius 1 is 1.17 bits per heavy atom. The molecule has 0 spiro atoms. The summed E-state index contributed by atoms with van der Waals surface area (Å²) in [5.74, 6) is 0.601. The first kappa shape index (κ1) is 24.0. The van der Waals surface area contributed by atoms with E-state index in [1.54, 1.807) is 37.6 Å². The number of pyridine rings is 1. The van der Waals surface area contributed by atoms with Gasteiger partial charge in [0.25, 0.3) is 0 Å². The molecule has 186 valence electrons. The summed E-state index contributed by atoms with van der Waals surface area (Å²) in [5.41, 5.74) is 1.91. The van der Waals surface area contributed by atoms with Gasteiger partial charge >= 0.3 is 11.9 Å². The van der Waals surface area contributed by atoms with Crippen LogP contribution in [0.15, 0.2) is 67.4 Å². The molecule has 0 amide bonds. The molecule has 7 nitrogen and oxygen atoms in total. The molecule has 0 saturated carbocycles. The van der Waals surface area contributed by atoms with Crippen LogP contribution in [0.1, 0.15) is 35.4 Å². The molecular formula is C29H30N2O5. The molecule has 7 heteroatoms. The maximum Gasteiger partial charge on any atom is 0.342 e. The van der Waals surface area contributed by atoms with Gasteiger partial charge in [0.05, 0.1) is 12.6 Å². The molecule has 2 aromatic carbocycles. The lowest BCUT2D eigenvalue weighted by atomic mass is 9.69. The number of rotatable bonds is 7. The quantitative estimate of drug-likeness (QED) is 0.269. The molecule has 2 bridgehead atoms. The topological polar surface area (TPSA) is 78.0 Å². The van der Waals surface area contributed by atoms with Gasteiger partial charge in [0.2, 0.25) is 0 Å². The van der Waals surface area contributed by atoms with Gasteiger partial charge in [-0.25, -0.2) is 4.79 Å². The van der Waals surface area contributed by atoms with Crippen LogP contribution in [0.2, 0.25) is 0 Å².